The molecule has 3 atom stereocenters. The molecule has 2 aliphatic rings. The van der Waals surface area contributed by atoms with Crippen LogP contribution in [0.3, 0.4) is 0 Å². The number of hydrogen-bond donors (Lipinski definition) is 1. The van der Waals surface area contributed by atoms with Crippen LogP contribution < -0.4 is 5.32 Å². The lowest BCUT2D eigenvalue weighted by Gasteiger charge is -2.33. The lowest BCUT2D eigenvalue weighted by Crippen LogP contribution is -2.53. The zero-order chi connectivity index (χ0) is 22.6. The van der Waals surface area contributed by atoms with E-state index in [1.54, 1.807) is 25.7 Å². The van der Waals surface area contributed by atoms with Gasteiger partial charge in [-0.2, -0.15) is 0 Å². The van der Waals surface area contributed by atoms with Gasteiger partial charge in [-0.3, -0.25) is 14.5 Å². The molecule has 168 valence electrons. The van der Waals surface area contributed by atoms with Crippen LogP contribution >= 0.6 is 0 Å². The average molecular weight is 431 g/mol. The SMILES string of the molecule is CC(C)(C)OC(=O)C(=O)CCNC(=O)[C@@H]1[C@H]2CC[C@H](C2)N1C(=O)OCc1ccccc1. The summed E-state index contributed by atoms with van der Waals surface area (Å²) in [6.45, 7) is 5.20. The normalized spacial score (nSPS) is 22.2. The van der Waals surface area contributed by atoms with E-state index in [1.165, 1.54) is 0 Å². The Morgan fingerprint density at radius 2 is 1.81 bits per heavy atom. The molecule has 8 heteroatoms. The molecule has 3 rings (SSSR count). The Balaban J connectivity index is 1.52. The van der Waals surface area contributed by atoms with Crippen LogP contribution in [0.1, 0.15) is 52.0 Å². The van der Waals surface area contributed by atoms with Gasteiger partial charge in [0.15, 0.2) is 0 Å². The number of Topliss-reactive ketones (excluding diaryl/α,β-unsaturated/α-hetero) is 1. The van der Waals surface area contributed by atoms with Gasteiger partial charge in [-0.15, -0.1) is 0 Å². The van der Waals surface area contributed by atoms with Crippen molar-refractivity contribution in [3.05, 3.63) is 35.9 Å². The highest BCUT2D eigenvalue weighted by atomic mass is 16.6. The van der Waals surface area contributed by atoms with Crippen molar-refractivity contribution in [2.75, 3.05) is 6.54 Å². The van der Waals surface area contributed by atoms with Crippen molar-refractivity contribution < 1.29 is 28.7 Å². The maximum absolute atomic E-state index is 12.8. The Hall–Kier alpha value is -2.90. The third-order valence-corrected chi connectivity index (χ3v) is 5.55. The van der Waals surface area contributed by atoms with E-state index in [9.17, 15) is 19.2 Å². The number of carbonyl (C=O) groups excluding carboxylic acids is 4. The Kier molecular flexibility index (Phi) is 6.97. The smallest absolute Gasteiger partial charge is 0.411 e. The zero-order valence-corrected chi connectivity index (χ0v) is 18.3. The van der Waals surface area contributed by atoms with Crippen LogP contribution in [-0.2, 0) is 30.5 Å². The minimum atomic E-state index is -0.909. The summed E-state index contributed by atoms with van der Waals surface area (Å²) >= 11 is 0. The summed E-state index contributed by atoms with van der Waals surface area (Å²) < 4.78 is 10.5. The topological polar surface area (TPSA) is 102 Å². The van der Waals surface area contributed by atoms with Gasteiger partial charge in [0.05, 0.1) is 0 Å². The van der Waals surface area contributed by atoms with Crippen LogP contribution in [0.4, 0.5) is 4.79 Å². The van der Waals surface area contributed by atoms with E-state index >= 15 is 0 Å². The molecule has 1 aliphatic heterocycles. The van der Waals surface area contributed by atoms with Gasteiger partial charge in [0, 0.05) is 19.0 Å². The molecular weight excluding hydrogens is 400 g/mol. The van der Waals surface area contributed by atoms with Crippen molar-refractivity contribution in [1.82, 2.24) is 10.2 Å². The first-order chi connectivity index (χ1) is 14.7. The predicted octanol–water partition coefficient (Wildman–Crippen LogP) is 2.59. The maximum Gasteiger partial charge on any atom is 0.411 e. The summed E-state index contributed by atoms with van der Waals surface area (Å²) in [5, 5.41) is 2.70. The van der Waals surface area contributed by atoms with E-state index < -0.39 is 29.5 Å². The number of amides is 2. The molecule has 8 nitrogen and oxygen atoms in total. The predicted molar refractivity (Wildman–Crippen MR) is 112 cm³/mol. The third-order valence-electron chi connectivity index (χ3n) is 5.55. The lowest BCUT2D eigenvalue weighted by atomic mass is 9.98. The fraction of sp³-hybridized carbons (Fsp3) is 0.565. The molecule has 0 aromatic heterocycles. The summed E-state index contributed by atoms with van der Waals surface area (Å²) in [7, 11) is 0. The highest BCUT2D eigenvalue weighted by molar-refractivity contribution is 6.33. The van der Waals surface area contributed by atoms with E-state index in [1.807, 2.05) is 30.3 Å². The molecule has 2 fully saturated rings. The number of likely N-dealkylation sites (tertiary alicyclic amines) is 1. The molecule has 0 radical (unpaired) electrons. The first-order valence-corrected chi connectivity index (χ1v) is 10.7. The number of nitrogens with one attached hydrogen (secondary N) is 1. The van der Waals surface area contributed by atoms with E-state index in [2.05, 4.69) is 5.32 Å². The van der Waals surface area contributed by atoms with Gasteiger partial charge < -0.3 is 14.8 Å². The van der Waals surface area contributed by atoms with Gasteiger partial charge in [-0.1, -0.05) is 30.3 Å². The van der Waals surface area contributed by atoms with E-state index in [-0.39, 0.29) is 37.4 Å². The zero-order valence-electron chi connectivity index (χ0n) is 18.3. The number of esters is 1. The number of fused-ring (bicyclic) bond motifs is 2. The maximum atomic E-state index is 12.8. The first kappa shape index (κ1) is 22.8. The fourth-order valence-corrected chi connectivity index (χ4v) is 4.22. The number of benzene rings is 1. The van der Waals surface area contributed by atoms with Crippen LogP contribution in [0.2, 0.25) is 0 Å². The second-order valence-corrected chi connectivity index (χ2v) is 9.09. The number of ketones is 1. The first-order valence-electron chi connectivity index (χ1n) is 10.7. The summed E-state index contributed by atoms with van der Waals surface area (Å²) in [6.07, 6.45) is 1.85. The van der Waals surface area contributed by atoms with Crippen LogP contribution in [0, 0.1) is 5.92 Å². The Bertz CT molecular complexity index is 832. The Labute approximate surface area is 182 Å². The molecule has 1 heterocycles. The van der Waals surface area contributed by atoms with Crippen molar-refractivity contribution >= 4 is 23.8 Å². The monoisotopic (exact) mass is 430 g/mol. The van der Waals surface area contributed by atoms with E-state index in [0.29, 0.717) is 0 Å². The van der Waals surface area contributed by atoms with Gasteiger partial charge >= 0.3 is 12.1 Å². The molecule has 1 saturated carbocycles. The van der Waals surface area contributed by atoms with Crippen LogP contribution in [0.25, 0.3) is 0 Å². The largest absolute Gasteiger partial charge is 0.454 e. The molecule has 1 N–H and O–H groups in total. The highest BCUT2D eigenvalue weighted by Gasteiger charge is 2.52. The number of ether oxygens (including phenoxy) is 2. The highest BCUT2D eigenvalue weighted by Crippen LogP contribution is 2.42. The summed E-state index contributed by atoms with van der Waals surface area (Å²) in [6, 6.07) is 8.75. The quantitative estimate of drug-likeness (QED) is 0.527. The number of carbonyl (C=O) groups is 4. The van der Waals surface area contributed by atoms with Crippen LogP contribution in [0.15, 0.2) is 30.3 Å². The molecule has 1 saturated heterocycles. The second-order valence-electron chi connectivity index (χ2n) is 9.09. The van der Waals surface area contributed by atoms with Crippen molar-refractivity contribution in [2.24, 2.45) is 5.92 Å². The third kappa shape index (κ3) is 5.83. The molecular formula is C23H30N2O6. The number of piperidine rings is 1. The molecule has 2 amide bonds. The average Bonchev–Trinajstić information content (AvgIpc) is 3.33. The van der Waals surface area contributed by atoms with Crippen LogP contribution in [0.5, 0.6) is 0 Å². The van der Waals surface area contributed by atoms with Gasteiger partial charge in [0.2, 0.25) is 11.7 Å². The van der Waals surface area contributed by atoms with Gasteiger partial charge in [0.1, 0.15) is 18.2 Å². The molecule has 1 aliphatic carbocycles. The van der Waals surface area contributed by atoms with Gasteiger partial charge in [-0.25, -0.2) is 9.59 Å². The van der Waals surface area contributed by atoms with Crippen molar-refractivity contribution in [3.63, 3.8) is 0 Å². The Morgan fingerprint density at radius 1 is 1.10 bits per heavy atom. The van der Waals surface area contributed by atoms with Gasteiger partial charge in [0.25, 0.3) is 0 Å². The van der Waals surface area contributed by atoms with E-state index in [0.717, 1.165) is 24.8 Å². The molecule has 0 unspecified atom stereocenters. The number of rotatable bonds is 7. The summed E-state index contributed by atoms with van der Waals surface area (Å²) in [5.74, 6) is -1.84. The van der Waals surface area contributed by atoms with E-state index in [4.69, 9.17) is 9.47 Å². The van der Waals surface area contributed by atoms with Crippen molar-refractivity contribution in [3.8, 4) is 0 Å². The molecule has 2 bridgehead atoms. The lowest BCUT2D eigenvalue weighted by molar-refractivity contribution is -0.162. The summed E-state index contributed by atoms with van der Waals surface area (Å²) in [5.41, 5.74) is 0.126. The minimum Gasteiger partial charge on any atom is -0.454 e. The summed E-state index contributed by atoms with van der Waals surface area (Å²) in [4.78, 5) is 50.8. The molecule has 31 heavy (non-hydrogen) atoms. The fourth-order valence-electron chi connectivity index (χ4n) is 4.22. The molecule has 0 spiro atoms. The van der Waals surface area contributed by atoms with Crippen LogP contribution in [-0.4, -0.2) is 52.9 Å². The minimum absolute atomic E-state index is 0.00702. The van der Waals surface area contributed by atoms with Gasteiger partial charge in [-0.05, 0) is 51.5 Å². The van der Waals surface area contributed by atoms with Crippen molar-refractivity contribution in [2.45, 2.75) is 70.7 Å². The molecule has 1 aromatic carbocycles. The number of nitrogens with zero attached hydrogens (tertiary/aromatic N) is 1. The van der Waals surface area contributed by atoms with Crippen molar-refractivity contribution in [1.29, 1.82) is 0 Å². The second kappa shape index (κ2) is 9.49. The molecule has 1 aromatic rings. The Morgan fingerprint density at radius 3 is 2.48 bits per heavy atom. The number of hydrogen-bond acceptors (Lipinski definition) is 6. The standard InChI is InChI=1S/C23H30N2O6/c1-23(2,3)31-21(28)18(26)11-12-24-20(27)19-16-9-10-17(13-16)25(19)22(29)30-14-15-7-5-4-6-8-15/h4-8,16-17,19H,9-14H2,1-3H3,(H,24,27)/t16-,17+,19-/m0/s1.